The number of hydrogen-bond donors (Lipinski definition) is 2. The van der Waals surface area contributed by atoms with Gasteiger partial charge in [-0.1, -0.05) is 0 Å². The van der Waals surface area contributed by atoms with Crippen LogP contribution in [-0.2, 0) is 0 Å². The van der Waals surface area contributed by atoms with Gasteiger partial charge in [0.2, 0.25) is 0 Å². The van der Waals surface area contributed by atoms with Gasteiger partial charge in [0, 0.05) is 18.2 Å². The van der Waals surface area contributed by atoms with Crippen molar-refractivity contribution < 1.29 is 14.1 Å². The van der Waals surface area contributed by atoms with Crippen molar-refractivity contribution in [2.75, 3.05) is 6.54 Å². The molecule has 0 fully saturated rings. The predicted octanol–water partition coefficient (Wildman–Crippen LogP) is 1.20. The highest BCUT2D eigenvalue weighted by molar-refractivity contribution is 5.95. The maximum absolute atomic E-state index is 13.5. The summed E-state index contributed by atoms with van der Waals surface area (Å²) in [5, 5.41) is 13.0. The second kappa shape index (κ2) is 5.09. The van der Waals surface area contributed by atoms with E-state index in [1.165, 1.54) is 0 Å². The summed E-state index contributed by atoms with van der Waals surface area (Å²) in [4.78, 5) is 21.4. The molecule has 0 heterocycles. The van der Waals surface area contributed by atoms with Crippen molar-refractivity contribution in [1.29, 1.82) is 0 Å². The SMILES string of the molecule is CC(C)(CN)NC(=O)c1ccc([N+](=O)[O-])cc1F. The molecule has 6 nitrogen and oxygen atoms in total. The maximum Gasteiger partial charge on any atom is 0.272 e. The first-order valence-corrected chi connectivity index (χ1v) is 5.23. The third kappa shape index (κ3) is 3.24. The van der Waals surface area contributed by atoms with Crippen molar-refractivity contribution in [3.05, 3.63) is 39.7 Å². The topological polar surface area (TPSA) is 98.3 Å². The first kappa shape index (κ1) is 14.0. The van der Waals surface area contributed by atoms with Crippen LogP contribution in [0.1, 0.15) is 24.2 Å². The number of nitro groups is 1. The summed E-state index contributed by atoms with van der Waals surface area (Å²) in [6.07, 6.45) is 0. The molecule has 0 spiro atoms. The third-order valence-electron chi connectivity index (χ3n) is 2.37. The molecule has 0 aliphatic carbocycles. The Morgan fingerprint density at radius 1 is 1.56 bits per heavy atom. The summed E-state index contributed by atoms with van der Waals surface area (Å²) in [7, 11) is 0. The van der Waals surface area contributed by atoms with Gasteiger partial charge in [-0.3, -0.25) is 14.9 Å². The van der Waals surface area contributed by atoms with Crippen LogP contribution in [0.2, 0.25) is 0 Å². The van der Waals surface area contributed by atoms with Crippen LogP contribution in [0.15, 0.2) is 18.2 Å². The molecule has 0 saturated heterocycles. The molecule has 0 atom stereocenters. The average Bonchev–Trinajstić information content (AvgIpc) is 2.28. The average molecular weight is 255 g/mol. The van der Waals surface area contributed by atoms with Crippen LogP contribution in [-0.4, -0.2) is 22.9 Å². The standard InChI is InChI=1S/C11H14FN3O3/c1-11(2,6-13)14-10(16)8-4-3-7(15(17)18)5-9(8)12/h3-5H,6,13H2,1-2H3,(H,14,16). The highest BCUT2D eigenvalue weighted by Crippen LogP contribution is 2.17. The van der Waals surface area contributed by atoms with Crippen LogP contribution in [0.4, 0.5) is 10.1 Å². The van der Waals surface area contributed by atoms with Crippen LogP contribution in [0.3, 0.4) is 0 Å². The van der Waals surface area contributed by atoms with Gasteiger partial charge in [-0.05, 0) is 19.9 Å². The van der Waals surface area contributed by atoms with Gasteiger partial charge in [-0.25, -0.2) is 4.39 Å². The van der Waals surface area contributed by atoms with E-state index in [0.29, 0.717) is 6.07 Å². The Morgan fingerprint density at radius 3 is 2.61 bits per heavy atom. The first-order chi connectivity index (χ1) is 8.26. The molecule has 1 aromatic carbocycles. The van der Waals surface area contributed by atoms with Crippen molar-refractivity contribution in [3.8, 4) is 0 Å². The second-order valence-electron chi connectivity index (χ2n) is 4.46. The lowest BCUT2D eigenvalue weighted by molar-refractivity contribution is -0.385. The third-order valence-corrected chi connectivity index (χ3v) is 2.37. The number of nitro benzene ring substituents is 1. The van der Waals surface area contributed by atoms with Crippen molar-refractivity contribution in [3.63, 3.8) is 0 Å². The number of hydrogen-bond acceptors (Lipinski definition) is 4. The van der Waals surface area contributed by atoms with Gasteiger partial charge in [-0.15, -0.1) is 0 Å². The number of benzene rings is 1. The molecule has 18 heavy (non-hydrogen) atoms. The van der Waals surface area contributed by atoms with Crippen LogP contribution in [0.25, 0.3) is 0 Å². The van der Waals surface area contributed by atoms with Crippen molar-refractivity contribution in [2.24, 2.45) is 5.73 Å². The number of carbonyl (C=O) groups excluding carboxylic acids is 1. The fourth-order valence-electron chi connectivity index (χ4n) is 1.23. The van der Waals surface area contributed by atoms with Crippen LogP contribution < -0.4 is 11.1 Å². The molecular formula is C11H14FN3O3. The monoisotopic (exact) mass is 255 g/mol. The molecule has 98 valence electrons. The fraction of sp³-hybridized carbons (Fsp3) is 0.364. The van der Waals surface area contributed by atoms with E-state index in [2.05, 4.69) is 5.32 Å². The van der Waals surface area contributed by atoms with Gasteiger partial charge in [0.15, 0.2) is 0 Å². The molecule has 3 N–H and O–H groups in total. The Morgan fingerprint density at radius 2 is 2.17 bits per heavy atom. The minimum absolute atomic E-state index is 0.188. The normalized spacial score (nSPS) is 11.1. The van der Waals surface area contributed by atoms with E-state index in [1.54, 1.807) is 13.8 Å². The molecule has 1 amide bonds. The Labute approximate surface area is 103 Å². The molecule has 0 aromatic heterocycles. The number of rotatable bonds is 4. The number of non-ortho nitro benzene ring substituents is 1. The smallest absolute Gasteiger partial charge is 0.272 e. The van der Waals surface area contributed by atoms with E-state index in [4.69, 9.17) is 5.73 Å². The molecule has 0 aliphatic rings. The van der Waals surface area contributed by atoms with Gasteiger partial charge in [-0.2, -0.15) is 0 Å². The Kier molecular flexibility index (Phi) is 3.97. The Hall–Kier alpha value is -2.02. The molecule has 0 bridgehead atoms. The Balaban J connectivity index is 2.97. The largest absolute Gasteiger partial charge is 0.346 e. The number of amides is 1. The zero-order valence-electron chi connectivity index (χ0n) is 10.1. The van der Waals surface area contributed by atoms with E-state index in [0.717, 1.165) is 12.1 Å². The summed E-state index contributed by atoms with van der Waals surface area (Å²) in [5.74, 6) is -1.59. The molecule has 0 aliphatic heterocycles. The second-order valence-corrected chi connectivity index (χ2v) is 4.46. The predicted molar refractivity (Wildman–Crippen MR) is 63.7 cm³/mol. The van der Waals surface area contributed by atoms with E-state index < -0.39 is 27.9 Å². The zero-order valence-corrected chi connectivity index (χ0v) is 10.1. The van der Waals surface area contributed by atoms with Gasteiger partial charge in [0.1, 0.15) is 5.82 Å². The highest BCUT2D eigenvalue weighted by atomic mass is 19.1. The molecule has 7 heteroatoms. The molecular weight excluding hydrogens is 241 g/mol. The minimum Gasteiger partial charge on any atom is -0.346 e. The van der Waals surface area contributed by atoms with Crippen molar-refractivity contribution in [1.82, 2.24) is 5.32 Å². The molecule has 0 saturated carbocycles. The zero-order chi connectivity index (χ0) is 13.9. The number of nitrogens with zero attached hydrogens (tertiary/aromatic N) is 1. The van der Waals surface area contributed by atoms with Gasteiger partial charge in [0.05, 0.1) is 16.6 Å². The van der Waals surface area contributed by atoms with Gasteiger partial charge < -0.3 is 11.1 Å². The maximum atomic E-state index is 13.5. The highest BCUT2D eigenvalue weighted by Gasteiger charge is 2.22. The molecule has 0 radical (unpaired) electrons. The Bertz CT molecular complexity index is 488. The van der Waals surface area contributed by atoms with Gasteiger partial charge >= 0.3 is 0 Å². The molecule has 0 unspecified atom stereocenters. The lowest BCUT2D eigenvalue weighted by atomic mass is 10.0. The number of carbonyl (C=O) groups is 1. The lowest BCUT2D eigenvalue weighted by Gasteiger charge is -2.24. The van der Waals surface area contributed by atoms with Crippen LogP contribution in [0, 0.1) is 15.9 Å². The quantitative estimate of drug-likeness (QED) is 0.623. The van der Waals surface area contributed by atoms with E-state index in [1.807, 2.05) is 0 Å². The van der Waals surface area contributed by atoms with E-state index >= 15 is 0 Å². The lowest BCUT2D eigenvalue weighted by Crippen LogP contribution is -2.49. The summed E-state index contributed by atoms with van der Waals surface area (Å²) in [6.45, 7) is 3.57. The first-order valence-electron chi connectivity index (χ1n) is 5.23. The van der Waals surface area contributed by atoms with Crippen LogP contribution >= 0.6 is 0 Å². The number of nitrogens with one attached hydrogen (secondary N) is 1. The van der Waals surface area contributed by atoms with Crippen molar-refractivity contribution in [2.45, 2.75) is 19.4 Å². The number of nitrogens with two attached hydrogens (primary N) is 1. The van der Waals surface area contributed by atoms with Crippen LogP contribution in [0.5, 0.6) is 0 Å². The fourth-order valence-corrected chi connectivity index (χ4v) is 1.23. The van der Waals surface area contributed by atoms with Crippen molar-refractivity contribution >= 4 is 11.6 Å². The summed E-state index contributed by atoms with van der Waals surface area (Å²) in [6, 6.07) is 2.87. The van der Waals surface area contributed by atoms with Gasteiger partial charge in [0.25, 0.3) is 11.6 Å². The minimum atomic E-state index is -0.936. The molecule has 1 rings (SSSR count). The van der Waals surface area contributed by atoms with E-state index in [9.17, 15) is 19.3 Å². The summed E-state index contributed by atoms with van der Waals surface area (Å²) < 4.78 is 13.5. The molecule has 1 aromatic rings. The van der Waals surface area contributed by atoms with E-state index in [-0.39, 0.29) is 12.1 Å². The summed E-state index contributed by atoms with van der Waals surface area (Å²) in [5.41, 5.74) is 4.11. The number of halogens is 1. The summed E-state index contributed by atoms with van der Waals surface area (Å²) >= 11 is 0.